The second kappa shape index (κ2) is 12.7. The maximum absolute atomic E-state index is 14.5. The van der Waals surface area contributed by atoms with Crippen molar-refractivity contribution in [1.29, 1.82) is 0 Å². The van der Waals surface area contributed by atoms with Crippen LogP contribution >= 0.6 is 23.2 Å². The fourth-order valence-electron chi connectivity index (χ4n) is 6.25. The summed E-state index contributed by atoms with van der Waals surface area (Å²) in [5.74, 6) is -3.87. The van der Waals surface area contributed by atoms with E-state index in [1.807, 2.05) is 12.1 Å². The molecule has 1 saturated carbocycles. The first kappa shape index (κ1) is 32.9. The Morgan fingerprint density at radius 1 is 1.09 bits per heavy atom. The number of hydrogen-bond acceptors (Lipinski definition) is 6. The summed E-state index contributed by atoms with van der Waals surface area (Å²) in [5.41, 5.74) is 0.909. The summed E-state index contributed by atoms with van der Waals surface area (Å²) in [5, 5.41) is 17.0. The van der Waals surface area contributed by atoms with Gasteiger partial charge in [0, 0.05) is 27.1 Å². The van der Waals surface area contributed by atoms with E-state index in [0.717, 1.165) is 18.9 Å². The molecule has 45 heavy (non-hydrogen) atoms. The summed E-state index contributed by atoms with van der Waals surface area (Å²) < 4.78 is 28.8. The number of carbonyl (C=O) groups is 2. The van der Waals surface area contributed by atoms with Crippen LogP contribution in [0.25, 0.3) is 0 Å². The van der Waals surface area contributed by atoms with Gasteiger partial charge in [-0.3, -0.25) is 14.6 Å². The lowest BCUT2D eigenvalue weighted by atomic mass is 9.77. The maximum atomic E-state index is 14.5. The second-order valence-electron chi connectivity index (χ2n) is 13.3. The van der Waals surface area contributed by atoms with Crippen LogP contribution in [0.15, 0.2) is 47.5 Å². The molecule has 0 unspecified atom stereocenters. The number of nitrogens with one attached hydrogen (secondary N) is 2. The molecule has 0 bridgehead atoms. The van der Waals surface area contributed by atoms with Crippen molar-refractivity contribution < 1.29 is 18.4 Å². The molecule has 2 aromatic carbocycles. The molecule has 13 heteroatoms. The fraction of sp³-hybridized carbons (Fsp3) is 0.500. The van der Waals surface area contributed by atoms with E-state index in [1.54, 1.807) is 35.2 Å². The Hall–Kier alpha value is -3.44. The van der Waals surface area contributed by atoms with E-state index in [9.17, 15) is 18.4 Å². The molecule has 1 aliphatic heterocycles. The SMILES string of the molecule is CC(C)(C)CC[C@H](c1ccc(C(=O)NCc2nn[nH]n2)cc1)N1C(=O)C(c2cc(Cl)cc(Cl)c2)=NC12CCC(C(C)(F)F)CC2. The lowest BCUT2D eigenvalue weighted by Crippen LogP contribution is -2.52. The summed E-state index contributed by atoms with van der Waals surface area (Å²) >= 11 is 12.6. The minimum atomic E-state index is -2.83. The third-order valence-electron chi connectivity index (χ3n) is 8.66. The highest BCUT2D eigenvalue weighted by Gasteiger charge is 2.54. The number of aromatic amines is 1. The Balaban J connectivity index is 1.51. The van der Waals surface area contributed by atoms with Crippen LogP contribution in [-0.2, 0) is 11.3 Å². The van der Waals surface area contributed by atoms with Crippen LogP contribution in [0.3, 0.4) is 0 Å². The van der Waals surface area contributed by atoms with Crippen LogP contribution in [-0.4, -0.2) is 54.6 Å². The van der Waals surface area contributed by atoms with Crippen molar-refractivity contribution in [3.8, 4) is 0 Å². The van der Waals surface area contributed by atoms with E-state index in [2.05, 4.69) is 46.7 Å². The van der Waals surface area contributed by atoms with E-state index >= 15 is 0 Å². The first-order chi connectivity index (χ1) is 21.1. The molecule has 2 heterocycles. The number of amides is 2. The molecule has 1 fully saturated rings. The molecule has 1 aromatic heterocycles. The Labute approximate surface area is 271 Å². The number of benzene rings is 2. The predicted octanol–water partition coefficient (Wildman–Crippen LogP) is 7.18. The van der Waals surface area contributed by atoms with Crippen LogP contribution in [0.2, 0.25) is 10.0 Å². The third-order valence-corrected chi connectivity index (χ3v) is 9.10. The highest BCUT2D eigenvalue weighted by Crippen LogP contribution is 2.50. The average Bonchev–Trinajstić information content (AvgIpc) is 3.58. The summed E-state index contributed by atoms with van der Waals surface area (Å²) in [7, 11) is 0. The van der Waals surface area contributed by atoms with E-state index in [1.165, 1.54) is 0 Å². The third kappa shape index (κ3) is 7.52. The van der Waals surface area contributed by atoms with Crippen LogP contribution in [0.1, 0.15) is 99.6 Å². The minimum absolute atomic E-state index is 0.0464. The molecule has 0 radical (unpaired) electrons. The molecule has 0 saturated heterocycles. The predicted molar refractivity (Wildman–Crippen MR) is 168 cm³/mol. The Morgan fingerprint density at radius 2 is 1.73 bits per heavy atom. The van der Waals surface area contributed by atoms with Gasteiger partial charge in [0.15, 0.2) is 5.82 Å². The molecule has 240 valence electrons. The number of aliphatic imine (C=N–C) groups is 1. The molecule has 3 aromatic rings. The zero-order valence-electron chi connectivity index (χ0n) is 25.7. The maximum Gasteiger partial charge on any atom is 0.275 e. The fourth-order valence-corrected chi connectivity index (χ4v) is 6.78. The van der Waals surface area contributed by atoms with Gasteiger partial charge >= 0.3 is 0 Å². The zero-order valence-corrected chi connectivity index (χ0v) is 27.2. The number of hydrogen-bond donors (Lipinski definition) is 2. The van der Waals surface area contributed by atoms with Crippen LogP contribution in [0.4, 0.5) is 8.78 Å². The molecular formula is C32H37Cl2F2N7O2. The molecule has 1 atom stereocenters. The van der Waals surface area contributed by atoms with Gasteiger partial charge in [-0.25, -0.2) is 8.78 Å². The first-order valence-corrected chi connectivity index (χ1v) is 15.8. The largest absolute Gasteiger partial charge is 0.345 e. The number of tetrazole rings is 1. The van der Waals surface area contributed by atoms with Crippen LogP contribution in [0, 0.1) is 11.3 Å². The highest BCUT2D eigenvalue weighted by molar-refractivity contribution is 6.47. The van der Waals surface area contributed by atoms with E-state index < -0.39 is 23.5 Å². The van der Waals surface area contributed by atoms with Crippen molar-refractivity contribution in [1.82, 2.24) is 30.8 Å². The van der Waals surface area contributed by atoms with Gasteiger partial charge in [0.05, 0.1) is 12.6 Å². The summed E-state index contributed by atoms with van der Waals surface area (Å²) in [6.45, 7) is 7.47. The second-order valence-corrected chi connectivity index (χ2v) is 14.1. The number of alkyl halides is 2. The Kier molecular flexibility index (Phi) is 9.33. The van der Waals surface area contributed by atoms with Gasteiger partial charge in [-0.15, -0.1) is 10.2 Å². The summed E-state index contributed by atoms with van der Waals surface area (Å²) in [6, 6.07) is 11.6. The molecule has 1 aliphatic carbocycles. The number of carbonyl (C=O) groups excluding carboxylic acids is 2. The molecule has 2 aliphatic rings. The lowest BCUT2D eigenvalue weighted by Gasteiger charge is -2.46. The van der Waals surface area contributed by atoms with Crippen molar-refractivity contribution in [2.45, 2.75) is 90.4 Å². The number of aromatic nitrogens is 4. The van der Waals surface area contributed by atoms with Crippen molar-refractivity contribution in [2.24, 2.45) is 16.3 Å². The molecule has 2 N–H and O–H groups in total. The molecule has 9 nitrogen and oxygen atoms in total. The monoisotopic (exact) mass is 659 g/mol. The van der Waals surface area contributed by atoms with Crippen molar-refractivity contribution in [3.63, 3.8) is 0 Å². The summed E-state index contributed by atoms with van der Waals surface area (Å²) in [4.78, 5) is 34.1. The normalized spacial score (nSPS) is 21.2. The smallest absolute Gasteiger partial charge is 0.275 e. The Bertz CT molecular complexity index is 1540. The molecular weight excluding hydrogens is 623 g/mol. The van der Waals surface area contributed by atoms with Crippen LogP contribution < -0.4 is 5.32 Å². The minimum Gasteiger partial charge on any atom is -0.345 e. The van der Waals surface area contributed by atoms with Crippen LogP contribution in [0.5, 0.6) is 0 Å². The average molecular weight is 661 g/mol. The lowest BCUT2D eigenvalue weighted by molar-refractivity contribution is -0.135. The van der Waals surface area contributed by atoms with Gasteiger partial charge in [0.1, 0.15) is 11.4 Å². The van der Waals surface area contributed by atoms with Gasteiger partial charge in [-0.05, 0) is 86.8 Å². The first-order valence-electron chi connectivity index (χ1n) is 15.0. The number of H-pyrrole nitrogens is 1. The number of rotatable bonds is 9. The van der Waals surface area contributed by atoms with Gasteiger partial charge in [-0.2, -0.15) is 5.21 Å². The van der Waals surface area contributed by atoms with Crippen molar-refractivity contribution in [2.75, 3.05) is 0 Å². The quantitative estimate of drug-likeness (QED) is 0.252. The number of halogens is 4. The zero-order chi connectivity index (χ0) is 32.6. The van der Waals surface area contributed by atoms with Crippen molar-refractivity contribution >= 4 is 40.7 Å². The molecule has 2 amide bonds. The van der Waals surface area contributed by atoms with E-state index in [4.69, 9.17) is 28.2 Å². The topological polar surface area (TPSA) is 116 Å². The molecule has 1 spiro atoms. The van der Waals surface area contributed by atoms with Crippen molar-refractivity contribution in [3.05, 3.63) is 75.0 Å². The van der Waals surface area contributed by atoms with Gasteiger partial charge in [0.2, 0.25) is 5.92 Å². The van der Waals surface area contributed by atoms with Gasteiger partial charge in [0.25, 0.3) is 11.8 Å². The van der Waals surface area contributed by atoms with Gasteiger partial charge < -0.3 is 10.2 Å². The van der Waals surface area contributed by atoms with Gasteiger partial charge in [-0.1, -0.05) is 61.3 Å². The standard InChI is InChI=1S/C32H37Cl2F2N7O2/c1-30(2,3)12-11-25(19-5-7-20(8-6-19)28(44)37-18-26-39-41-42-40-26)43-29(45)27(21-15-23(33)17-24(34)16-21)38-32(43)13-9-22(10-14-32)31(4,35)36/h5-8,15-17,22,25H,9-14,18H2,1-4H3,(H,37,44)(H,39,40,41,42)/t22?,25-,32?/m1/s1. The Morgan fingerprint density at radius 3 is 2.29 bits per heavy atom. The highest BCUT2D eigenvalue weighted by atomic mass is 35.5. The molecule has 5 rings (SSSR count). The number of nitrogens with zero attached hydrogens (tertiary/aromatic N) is 5. The summed E-state index contributed by atoms with van der Waals surface area (Å²) in [6.07, 6.45) is 2.43. The van der Waals surface area contributed by atoms with E-state index in [-0.39, 0.29) is 42.3 Å². The van der Waals surface area contributed by atoms with E-state index in [0.29, 0.717) is 46.3 Å².